The molecule has 0 aliphatic carbocycles. The van der Waals surface area contributed by atoms with Crippen molar-refractivity contribution in [3.63, 3.8) is 0 Å². The molecule has 0 amide bonds. The maximum atomic E-state index is 3.66. The highest BCUT2D eigenvalue weighted by Crippen LogP contribution is 2.10. The summed E-state index contributed by atoms with van der Waals surface area (Å²) in [6, 6.07) is 10.8. The first-order chi connectivity index (χ1) is 5.84. The van der Waals surface area contributed by atoms with E-state index >= 15 is 0 Å². The van der Waals surface area contributed by atoms with Gasteiger partial charge in [0.1, 0.15) is 0 Å². The molecule has 1 nitrogen and oxygen atoms in total. The summed E-state index contributed by atoms with van der Waals surface area (Å²) in [5, 5.41) is 3.33. The summed E-state index contributed by atoms with van der Waals surface area (Å²) in [5.41, 5.74) is 1.32. The molecule has 0 unspecified atom stereocenters. The van der Waals surface area contributed by atoms with E-state index in [2.05, 4.69) is 43.1 Å². The Morgan fingerprint density at radius 1 is 1.42 bits per heavy atom. The maximum absolute atomic E-state index is 3.66. The SMILES string of the molecule is C=CCN[C@H](C)c1ccccc1. The van der Waals surface area contributed by atoms with Crippen LogP contribution in [0.5, 0.6) is 0 Å². The maximum Gasteiger partial charge on any atom is 0.0294 e. The highest BCUT2D eigenvalue weighted by atomic mass is 14.9. The van der Waals surface area contributed by atoms with E-state index in [-0.39, 0.29) is 0 Å². The molecule has 1 N–H and O–H groups in total. The van der Waals surface area contributed by atoms with Gasteiger partial charge in [-0.3, -0.25) is 0 Å². The summed E-state index contributed by atoms with van der Waals surface area (Å²) in [5.74, 6) is 0. The van der Waals surface area contributed by atoms with Gasteiger partial charge in [-0.15, -0.1) is 6.58 Å². The standard InChI is InChI=1S/C11H15N/c1-3-9-12-10(2)11-7-5-4-6-8-11/h3-8,10,12H,1,9H2,2H3/t10-/m1/s1. The molecular weight excluding hydrogens is 146 g/mol. The Morgan fingerprint density at radius 3 is 2.67 bits per heavy atom. The van der Waals surface area contributed by atoms with Crippen LogP contribution in [0, 0.1) is 0 Å². The Morgan fingerprint density at radius 2 is 2.08 bits per heavy atom. The van der Waals surface area contributed by atoms with Gasteiger partial charge in [0.25, 0.3) is 0 Å². The van der Waals surface area contributed by atoms with Crippen LogP contribution in [0.15, 0.2) is 43.0 Å². The molecule has 0 fully saturated rings. The van der Waals surface area contributed by atoms with Crippen LogP contribution >= 0.6 is 0 Å². The van der Waals surface area contributed by atoms with Crippen LogP contribution in [0.25, 0.3) is 0 Å². The fourth-order valence-corrected chi connectivity index (χ4v) is 1.12. The van der Waals surface area contributed by atoms with E-state index in [4.69, 9.17) is 0 Å². The number of hydrogen-bond donors (Lipinski definition) is 1. The van der Waals surface area contributed by atoms with Crippen LogP contribution in [0.4, 0.5) is 0 Å². The number of rotatable bonds is 4. The van der Waals surface area contributed by atoms with Crippen LogP contribution in [0.2, 0.25) is 0 Å². The van der Waals surface area contributed by atoms with Gasteiger partial charge in [-0.2, -0.15) is 0 Å². The van der Waals surface area contributed by atoms with E-state index < -0.39 is 0 Å². The lowest BCUT2D eigenvalue weighted by molar-refractivity contribution is 0.618. The Kier molecular flexibility index (Phi) is 3.55. The zero-order chi connectivity index (χ0) is 8.81. The lowest BCUT2D eigenvalue weighted by Gasteiger charge is -2.11. The smallest absolute Gasteiger partial charge is 0.0294 e. The van der Waals surface area contributed by atoms with Gasteiger partial charge < -0.3 is 5.32 Å². The molecule has 0 radical (unpaired) electrons. The minimum absolute atomic E-state index is 0.407. The van der Waals surface area contributed by atoms with Crippen LogP contribution < -0.4 is 5.32 Å². The van der Waals surface area contributed by atoms with Gasteiger partial charge in [0.05, 0.1) is 0 Å². The normalized spacial score (nSPS) is 12.4. The van der Waals surface area contributed by atoms with Crippen LogP contribution in [-0.2, 0) is 0 Å². The third-order valence-electron chi connectivity index (χ3n) is 1.87. The summed E-state index contributed by atoms with van der Waals surface area (Å²) in [6.45, 7) is 6.67. The third-order valence-corrected chi connectivity index (χ3v) is 1.87. The van der Waals surface area contributed by atoms with E-state index in [1.165, 1.54) is 5.56 Å². The van der Waals surface area contributed by atoms with Gasteiger partial charge in [0.2, 0.25) is 0 Å². The molecule has 1 aromatic carbocycles. The zero-order valence-electron chi connectivity index (χ0n) is 7.46. The molecule has 12 heavy (non-hydrogen) atoms. The van der Waals surface area contributed by atoms with Crippen LogP contribution in [0.1, 0.15) is 18.5 Å². The second-order valence-electron chi connectivity index (χ2n) is 2.83. The average Bonchev–Trinajstić information content (AvgIpc) is 2.15. The second kappa shape index (κ2) is 4.73. The predicted octanol–water partition coefficient (Wildman–Crippen LogP) is 2.52. The molecule has 0 saturated heterocycles. The lowest BCUT2D eigenvalue weighted by Crippen LogP contribution is -2.17. The Balaban J connectivity index is 2.53. The number of benzene rings is 1. The molecule has 0 aliphatic rings. The molecule has 1 atom stereocenters. The van der Waals surface area contributed by atoms with Gasteiger partial charge in [0.15, 0.2) is 0 Å². The predicted molar refractivity (Wildman–Crippen MR) is 53.1 cm³/mol. The van der Waals surface area contributed by atoms with Crippen molar-refractivity contribution in [3.05, 3.63) is 48.6 Å². The van der Waals surface area contributed by atoms with E-state index in [0.29, 0.717) is 6.04 Å². The van der Waals surface area contributed by atoms with E-state index in [9.17, 15) is 0 Å². The molecular formula is C11H15N. The Labute approximate surface area is 74.1 Å². The lowest BCUT2D eigenvalue weighted by atomic mass is 10.1. The van der Waals surface area contributed by atoms with Gasteiger partial charge in [0, 0.05) is 12.6 Å². The molecule has 1 aromatic rings. The van der Waals surface area contributed by atoms with Crippen molar-refractivity contribution in [2.45, 2.75) is 13.0 Å². The summed E-state index contributed by atoms with van der Waals surface area (Å²) < 4.78 is 0. The summed E-state index contributed by atoms with van der Waals surface area (Å²) >= 11 is 0. The molecule has 0 aromatic heterocycles. The van der Waals surface area contributed by atoms with Gasteiger partial charge >= 0.3 is 0 Å². The molecule has 0 spiro atoms. The van der Waals surface area contributed by atoms with Crippen molar-refractivity contribution in [3.8, 4) is 0 Å². The summed E-state index contributed by atoms with van der Waals surface area (Å²) in [6.07, 6.45) is 1.87. The van der Waals surface area contributed by atoms with Crippen LogP contribution in [0.3, 0.4) is 0 Å². The highest BCUT2D eigenvalue weighted by molar-refractivity contribution is 5.18. The van der Waals surface area contributed by atoms with E-state index in [0.717, 1.165) is 6.54 Å². The molecule has 0 heterocycles. The molecule has 1 heteroatoms. The Bertz CT molecular complexity index is 228. The molecule has 0 saturated carbocycles. The van der Waals surface area contributed by atoms with Crippen molar-refractivity contribution in [2.24, 2.45) is 0 Å². The van der Waals surface area contributed by atoms with Crippen molar-refractivity contribution in [1.29, 1.82) is 0 Å². The van der Waals surface area contributed by atoms with Crippen molar-refractivity contribution >= 4 is 0 Å². The van der Waals surface area contributed by atoms with Crippen molar-refractivity contribution in [1.82, 2.24) is 5.32 Å². The van der Waals surface area contributed by atoms with Crippen molar-refractivity contribution in [2.75, 3.05) is 6.54 Å². The topological polar surface area (TPSA) is 12.0 Å². The quantitative estimate of drug-likeness (QED) is 0.669. The summed E-state index contributed by atoms with van der Waals surface area (Å²) in [7, 11) is 0. The van der Waals surface area contributed by atoms with E-state index in [1.54, 1.807) is 0 Å². The average molecular weight is 161 g/mol. The fourth-order valence-electron chi connectivity index (χ4n) is 1.12. The first-order valence-electron chi connectivity index (χ1n) is 4.24. The molecule has 0 bridgehead atoms. The Hall–Kier alpha value is -1.08. The monoisotopic (exact) mass is 161 g/mol. The number of nitrogens with one attached hydrogen (secondary N) is 1. The molecule has 1 rings (SSSR count). The van der Waals surface area contributed by atoms with E-state index in [1.807, 2.05) is 12.1 Å². The first-order valence-corrected chi connectivity index (χ1v) is 4.24. The zero-order valence-corrected chi connectivity index (χ0v) is 7.46. The number of hydrogen-bond acceptors (Lipinski definition) is 1. The first kappa shape index (κ1) is 9.01. The minimum Gasteiger partial charge on any atom is -0.307 e. The second-order valence-corrected chi connectivity index (χ2v) is 2.83. The van der Waals surface area contributed by atoms with Crippen molar-refractivity contribution < 1.29 is 0 Å². The fraction of sp³-hybridized carbons (Fsp3) is 0.273. The highest BCUT2D eigenvalue weighted by Gasteiger charge is 2.00. The van der Waals surface area contributed by atoms with Gasteiger partial charge in [-0.05, 0) is 12.5 Å². The van der Waals surface area contributed by atoms with Crippen LogP contribution in [-0.4, -0.2) is 6.54 Å². The minimum atomic E-state index is 0.407. The van der Waals surface area contributed by atoms with Gasteiger partial charge in [-0.25, -0.2) is 0 Å². The summed E-state index contributed by atoms with van der Waals surface area (Å²) in [4.78, 5) is 0. The molecule has 64 valence electrons. The largest absolute Gasteiger partial charge is 0.307 e. The third kappa shape index (κ3) is 2.51. The molecule has 0 aliphatic heterocycles. The van der Waals surface area contributed by atoms with Gasteiger partial charge in [-0.1, -0.05) is 36.4 Å².